The maximum atomic E-state index is 14.3. The summed E-state index contributed by atoms with van der Waals surface area (Å²) in [5, 5.41) is 2.49. The number of aromatic nitrogens is 2. The molecule has 1 fully saturated rings. The van der Waals surface area contributed by atoms with Gasteiger partial charge in [-0.15, -0.1) is 0 Å². The van der Waals surface area contributed by atoms with Crippen LogP contribution >= 0.6 is 0 Å². The van der Waals surface area contributed by atoms with Crippen LogP contribution < -0.4 is 14.9 Å². The van der Waals surface area contributed by atoms with Gasteiger partial charge < -0.3 is 14.8 Å². The Labute approximate surface area is 163 Å². The lowest BCUT2D eigenvalue weighted by atomic mass is 10.2. The number of nitrogens with one attached hydrogen (secondary N) is 2. The SMILES string of the molecule is Cc1nc(S(=O)(=O)NCCC(=O)Nc2c(F)cccc2N2CCCC2)cn1C. The molecule has 1 aliphatic heterocycles. The molecule has 0 aliphatic carbocycles. The normalized spacial score (nSPS) is 14.5. The Morgan fingerprint density at radius 3 is 2.64 bits per heavy atom. The number of hydrogen-bond acceptors (Lipinski definition) is 5. The van der Waals surface area contributed by atoms with Crippen molar-refractivity contribution in [3.8, 4) is 0 Å². The molecular weight excluding hydrogens is 385 g/mol. The van der Waals surface area contributed by atoms with Crippen LogP contribution in [-0.2, 0) is 21.9 Å². The smallest absolute Gasteiger partial charge is 0.259 e. The Morgan fingerprint density at radius 1 is 1.29 bits per heavy atom. The van der Waals surface area contributed by atoms with Gasteiger partial charge in [-0.1, -0.05) is 6.07 Å². The predicted octanol–water partition coefficient (Wildman–Crippen LogP) is 1.77. The van der Waals surface area contributed by atoms with Crippen molar-refractivity contribution in [1.82, 2.24) is 14.3 Å². The molecule has 1 aromatic carbocycles. The van der Waals surface area contributed by atoms with Crippen LogP contribution in [0, 0.1) is 12.7 Å². The van der Waals surface area contributed by atoms with E-state index in [4.69, 9.17) is 0 Å². The summed E-state index contributed by atoms with van der Waals surface area (Å²) in [6.45, 7) is 3.21. The lowest BCUT2D eigenvalue weighted by Crippen LogP contribution is -2.28. The van der Waals surface area contributed by atoms with Gasteiger partial charge in [0.05, 0.1) is 5.69 Å². The number of carbonyl (C=O) groups excluding carboxylic acids is 1. The first-order chi connectivity index (χ1) is 13.3. The van der Waals surface area contributed by atoms with Gasteiger partial charge in [-0.25, -0.2) is 22.5 Å². The van der Waals surface area contributed by atoms with Gasteiger partial charge in [-0.05, 0) is 31.9 Å². The molecule has 2 heterocycles. The molecule has 10 heteroatoms. The third-order valence-corrected chi connectivity index (χ3v) is 6.04. The summed E-state index contributed by atoms with van der Waals surface area (Å²) < 4.78 is 42.7. The van der Waals surface area contributed by atoms with Gasteiger partial charge in [0, 0.05) is 39.3 Å². The average molecular weight is 409 g/mol. The van der Waals surface area contributed by atoms with Gasteiger partial charge in [0.2, 0.25) is 5.91 Å². The molecule has 0 atom stereocenters. The second kappa shape index (κ2) is 8.27. The zero-order valence-electron chi connectivity index (χ0n) is 15.9. The minimum atomic E-state index is -3.80. The lowest BCUT2D eigenvalue weighted by Gasteiger charge is -2.22. The monoisotopic (exact) mass is 409 g/mol. The van der Waals surface area contributed by atoms with Crippen LogP contribution in [0.15, 0.2) is 29.4 Å². The van der Waals surface area contributed by atoms with Gasteiger partial charge in [0.15, 0.2) is 5.03 Å². The highest BCUT2D eigenvalue weighted by atomic mass is 32.2. The summed E-state index contributed by atoms with van der Waals surface area (Å²) in [5.74, 6) is -0.417. The quantitative estimate of drug-likeness (QED) is 0.727. The first-order valence-corrected chi connectivity index (χ1v) is 10.6. The Kier molecular flexibility index (Phi) is 5.99. The Hall–Kier alpha value is -2.46. The zero-order valence-corrected chi connectivity index (χ0v) is 16.7. The van der Waals surface area contributed by atoms with Crippen LogP contribution in [0.3, 0.4) is 0 Å². The third-order valence-electron chi connectivity index (χ3n) is 4.71. The van der Waals surface area contributed by atoms with E-state index >= 15 is 0 Å². The minimum Gasteiger partial charge on any atom is -0.370 e. The zero-order chi connectivity index (χ0) is 20.3. The predicted molar refractivity (Wildman–Crippen MR) is 104 cm³/mol. The minimum absolute atomic E-state index is 0.0988. The first-order valence-electron chi connectivity index (χ1n) is 9.11. The van der Waals surface area contributed by atoms with Crippen molar-refractivity contribution in [2.24, 2.45) is 7.05 Å². The summed E-state index contributed by atoms with van der Waals surface area (Å²) in [7, 11) is -2.11. The van der Waals surface area contributed by atoms with Crippen LogP contribution in [0.4, 0.5) is 15.8 Å². The molecule has 1 aromatic heterocycles. The highest BCUT2D eigenvalue weighted by Gasteiger charge is 2.21. The van der Waals surface area contributed by atoms with Gasteiger partial charge >= 0.3 is 0 Å². The van der Waals surface area contributed by atoms with Crippen molar-refractivity contribution in [2.45, 2.75) is 31.2 Å². The standard InChI is InChI=1S/C18H24FN5O3S/c1-13-21-17(12-23(13)2)28(26,27)20-9-8-16(25)22-18-14(19)6-5-7-15(18)24-10-3-4-11-24/h5-7,12,20H,3-4,8-11H2,1-2H3,(H,22,25). The van der Waals surface area contributed by atoms with Crippen LogP contribution in [0.2, 0.25) is 0 Å². The maximum Gasteiger partial charge on any atom is 0.259 e. The largest absolute Gasteiger partial charge is 0.370 e. The summed E-state index contributed by atoms with van der Waals surface area (Å²) in [6, 6.07) is 4.68. The van der Waals surface area contributed by atoms with Crippen LogP contribution in [-0.4, -0.2) is 43.5 Å². The highest BCUT2D eigenvalue weighted by molar-refractivity contribution is 7.89. The van der Waals surface area contributed by atoms with Crippen LogP contribution in [0.1, 0.15) is 25.1 Å². The number of para-hydroxylation sites is 1. The molecule has 2 aromatic rings. The van der Waals surface area contributed by atoms with Crippen LogP contribution in [0.25, 0.3) is 0 Å². The molecule has 8 nitrogen and oxygen atoms in total. The highest BCUT2D eigenvalue weighted by Crippen LogP contribution is 2.31. The van der Waals surface area contributed by atoms with Gasteiger partial charge in [-0.2, -0.15) is 0 Å². The molecule has 1 aliphatic rings. The summed E-state index contributed by atoms with van der Waals surface area (Å²) in [5.41, 5.74) is 0.785. The Morgan fingerprint density at radius 2 is 2.00 bits per heavy atom. The number of anilines is 2. The van der Waals surface area contributed by atoms with Crippen molar-refractivity contribution in [3.05, 3.63) is 36.0 Å². The van der Waals surface area contributed by atoms with Gasteiger partial charge in [0.25, 0.3) is 10.0 Å². The van der Waals surface area contributed by atoms with Crippen molar-refractivity contribution < 1.29 is 17.6 Å². The number of rotatable bonds is 7. The van der Waals surface area contributed by atoms with E-state index in [0.717, 1.165) is 25.9 Å². The van der Waals surface area contributed by atoms with E-state index in [9.17, 15) is 17.6 Å². The average Bonchev–Trinajstić information content (AvgIpc) is 3.27. The molecule has 0 radical (unpaired) electrons. The fourth-order valence-electron chi connectivity index (χ4n) is 3.09. The second-order valence-corrected chi connectivity index (χ2v) is 8.48. The summed E-state index contributed by atoms with van der Waals surface area (Å²) in [4.78, 5) is 18.3. The molecule has 28 heavy (non-hydrogen) atoms. The fourth-order valence-corrected chi connectivity index (χ4v) is 4.16. The van der Waals surface area contributed by atoms with E-state index in [1.165, 1.54) is 12.3 Å². The Bertz CT molecular complexity index is 948. The summed E-state index contributed by atoms with van der Waals surface area (Å²) >= 11 is 0. The van der Waals surface area contributed by atoms with Crippen molar-refractivity contribution in [2.75, 3.05) is 29.9 Å². The topological polar surface area (TPSA) is 96.3 Å². The molecule has 0 spiro atoms. The van der Waals surface area contributed by atoms with E-state index in [2.05, 4.69) is 15.0 Å². The van der Waals surface area contributed by atoms with Gasteiger partial charge in [0.1, 0.15) is 17.3 Å². The van der Waals surface area contributed by atoms with Crippen molar-refractivity contribution in [1.29, 1.82) is 0 Å². The molecule has 152 valence electrons. The van der Waals surface area contributed by atoms with E-state index in [1.807, 2.05) is 4.90 Å². The number of sulfonamides is 1. The number of benzene rings is 1. The molecule has 2 N–H and O–H groups in total. The number of carbonyl (C=O) groups is 1. The van der Waals surface area contributed by atoms with E-state index in [1.54, 1.807) is 30.7 Å². The molecule has 1 saturated heterocycles. The number of halogens is 1. The maximum absolute atomic E-state index is 14.3. The number of nitrogens with zero attached hydrogens (tertiary/aromatic N) is 3. The summed E-state index contributed by atoms with van der Waals surface area (Å²) in [6.07, 6.45) is 3.33. The van der Waals surface area contributed by atoms with E-state index in [-0.39, 0.29) is 23.7 Å². The molecule has 0 bridgehead atoms. The fraction of sp³-hybridized carbons (Fsp3) is 0.444. The number of amides is 1. The molecule has 1 amide bonds. The molecule has 3 rings (SSSR count). The van der Waals surface area contributed by atoms with Crippen LogP contribution in [0.5, 0.6) is 0 Å². The van der Waals surface area contributed by atoms with E-state index < -0.39 is 21.7 Å². The first kappa shape index (κ1) is 20.3. The Balaban J connectivity index is 1.61. The second-order valence-electron chi connectivity index (χ2n) is 6.76. The third kappa shape index (κ3) is 4.50. The number of imidazole rings is 1. The molecule has 0 saturated carbocycles. The molecule has 0 unspecified atom stereocenters. The van der Waals surface area contributed by atoms with Crippen molar-refractivity contribution >= 4 is 27.3 Å². The van der Waals surface area contributed by atoms with Gasteiger partial charge in [-0.3, -0.25) is 4.79 Å². The van der Waals surface area contributed by atoms with E-state index in [0.29, 0.717) is 11.5 Å². The number of hydrogen-bond donors (Lipinski definition) is 2. The molecular formula is C18H24FN5O3S. The number of aryl methyl sites for hydroxylation is 2. The van der Waals surface area contributed by atoms with Crippen molar-refractivity contribution in [3.63, 3.8) is 0 Å². The lowest BCUT2D eigenvalue weighted by molar-refractivity contribution is -0.116.